The maximum absolute atomic E-state index is 13.8. The van der Waals surface area contributed by atoms with Crippen LogP contribution in [-0.4, -0.2) is 54.2 Å². The molecular formula is C18H22FN3O2S. The summed E-state index contributed by atoms with van der Waals surface area (Å²) in [7, 11) is 0. The highest BCUT2D eigenvalue weighted by Gasteiger charge is 2.29. The normalized spacial score (nSPS) is 17.4. The first-order chi connectivity index (χ1) is 12.0. The molecule has 1 aromatic heterocycles. The molecular weight excluding hydrogens is 341 g/mol. The Bertz CT molecular complexity index is 747. The first kappa shape index (κ1) is 18.0. The number of rotatable bonds is 5. The van der Waals surface area contributed by atoms with E-state index in [0.29, 0.717) is 28.6 Å². The zero-order valence-electron chi connectivity index (χ0n) is 14.4. The fourth-order valence-corrected chi connectivity index (χ4v) is 3.69. The molecule has 1 aromatic carbocycles. The van der Waals surface area contributed by atoms with Crippen molar-refractivity contribution in [3.8, 4) is 10.6 Å². The van der Waals surface area contributed by atoms with Crippen molar-refractivity contribution < 1.29 is 13.9 Å². The Kier molecular flexibility index (Phi) is 5.46. The highest BCUT2D eigenvalue weighted by molar-refractivity contribution is 7.16. The van der Waals surface area contributed by atoms with E-state index in [1.54, 1.807) is 18.2 Å². The Morgan fingerprint density at radius 3 is 3.00 bits per heavy atom. The number of hydrogen-bond acceptors (Lipinski definition) is 5. The van der Waals surface area contributed by atoms with Gasteiger partial charge in [-0.2, -0.15) is 0 Å². The number of ether oxygens (including phenoxy) is 1. The van der Waals surface area contributed by atoms with Gasteiger partial charge in [-0.15, -0.1) is 11.3 Å². The Morgan fingerprint density at radius 2 is 2.24 bits per heavy atom. The Hall–Kier alpha value is -1.83. The van der Waals surface area contributed by atoms with Crippen LogP contribution in [0.3, 0.4) is 0 Å². The van der Waals surface area contributed by atoms with Crippen molar-refractivity contribution in [2.75, 3.05) is 32.8 Å². The molecule has 0 bridgehead atoms. The van der Waals surface area contributed by atoms with Gasteiger partial charge in [0.25, 0.3) is 5.91 Å². The van der Waals surface area contributed by atoms with Gasteiger partial charge in [-0.3, -0.25) is 9.69 Å². The maximum Gasteiger partial charge on any atom is 0.263 e. The summed E-state index contributed by atoms with van der Waals surface area (Å²) in [5, 5.41) is 3.43. The van der Waals surface area contributed by atoms with E-state index in [1.807, 2.05) is 0 Å². The number of amides is 1. The number of thiazole rings is 1. The Morgan fingerprint density at radius 1 is 1.44 bits per heavy atom. The van der Waals surface area contributed by atoms with E-state index in [1.165, 1.54) is 23.6 Å². The van der Waals surface area contributed by atoms with Crippen molar-refractivity contribution in [1.29, 1.82) is 0 Å². The first-order valence-corrected chi connectivity index (χ1v) is 9.11. The minimum atomic E-state index is -0.335. The van der Waals surface area contributed by atoms with E-state index >= 15 is 0 Å². The molecule has 1 aliphatic rings. The molecule has 0 radical (unpaired) electrons. The van der Waals surface area contributed by atoms with Crippen LogP contribution in [0.25, 0.3) is 10.6 Å². The van der Waals surface area contributed by atoms with Crippen molar-refractivity contribution in [1.82, 2.24) is 15.2 Å². The minimum absolute atomic E-state index is 0.0224. The molecule has 1 amide bonds. The fourth-order valence-electron chi connectivity index (χ4n) is 2.83. The SMILES string of the molecule is CC1(C)COCCN1CCNC(=O)c1cnc(-c2ccccc2F)s1. The van der Waals surface area contributed by atoms with Crippen LogP contribution in [0.5, 0.6) is 0 Å². The molecule has 0 saturated carbocycles. The summed E-state index contributed by atoms with van der Waals surface area (Å²) in [5.41, 5.74) is 0.396. The van der Waals surface area contributed by atoms with Gasteiger partial charge in [-0.25, -0.2) is 9.37 Å². The zero-order chi connectivity index (χ0) is 17.9. The zero-order valence-corrected chi connectivity index (χ0v) is 15.2. The third-order valence-corrected chi connectivity index (χ3v) is 5.35. The standard InChI is InChI=1S/C18H22FN3O2S/c1-18(2)12-24-10-9-22(18)8-7-20-16(23)15-11-21-17(25-15)13-5-3-4-6-14(13)19/h3-6,11H,7-10,12H2,1-2H3,(H,20,23). The Balaban J connectivity index is 1.57. The van der Waals surface area contributed by atoms with Gasteiger partial charge in [0.15, 0.2) is 0 Å². The number of hydrogen-bond donors (Lipinski definition) is 1. The molecule has 1 N–H and O–H groups in total. The second-order valence-corrected chi connectivity index (χ2v) is 7.65. The monoisotopic (exact) mass is 363 g/mol. The van der Waals surface area contributed by atoms with Crippen LogP contribution in [0.1, 0.15) is 23.5 Å². The van der Waals surface area contributed by atoms with Crippen molar-refractivity contribution in [3.63, 3.8) is 0 Å². The van der Waals surface area contributed by atoms with Crippen molar-refractivity contribution in [2.45, 2.75) is 19.4 Å². The van der Waals surface area contributed by atoms with Crippen molar-refractivity contribution in [3.05, 3.63) is 41.2 Å². The molecule has 3 rings (SSSR count). The number of nitrogens with one attached hydrogen (secondary N) is 1. The van der Waals surface area contributed by atoms with Crippen LogP contribution in [0.15, 0.2) is 30.5 Å². The van der Waals surface area contributed by atoms with Crippen molar-refractivity contribution in [2.24, 2.45) is 0 Å². The lowest BCUT2D eigenvalue weighted by molar-refractivity contribution is -0.0498. The highest BCUT2D eigenvalue weighted by Crippen LogP contribution is 2.27. The summed E-state index contributed by atoms with van der Waals surface area (Å²) in [4.78, 5) is 19.3. The number of carbonyl (C=O) groups excluding carboxylic acids is 1. The molecule has 1 saturated heterocycles. The second kappa shape index (κ2) is 7.59. The van der Waals surface area contributed by atoms with E-state index < -0.39 is 0 Å². The third kappa shape index (κ3) is 4.23. The number of nitrogens with zero attached hydrogens (tertiary/aromatic N) is 2. The summed E-state index contributed by atoms with van der Waals surface area (Å²) < 4.78 is 19.3. The maximum atomic E-state index is 13.8. The highest BCUT2D eigenvalue weighted by atomic mass is 32.1. The van der Waals surface area contributed by atoms with Crippen LogP contribution >= 0.6 is 11.3 Å². The van der Waals surface area contributed by atoms with Gasteiger partial charge >= 0.3 is 0 Å². The van der Waals surface area contributed by atoms with Crippen LogP contribution in [0.2, 0.25) is 0 Å². The van der Waals surface area contributed by atoms with E-state index in [0.717, 1.165) is 19.7 Å². The summed E-state index contributed by atoms with van der Waals surface area (Å²) in [6.45, 7) is 7.87. The molecule has 0 aliphatic carbocycles. The molecule has 7 heteroatoms. The Labute approximate surface area is 150 Å². The second-order valence-electron chi connectivity index (χ2n) is 6.62. The summed E-state index contributed by atoms with van der Waals surface area (Å²) in [6, 6.07) is 6.44. The molecule has 134 valence electrons. The van der Waals surface area contributed by atoms with Crippen LogP contribution in [0, 0.1) is 5.82 Å². The predicted octanol–water partition coefficient (Wildman–Crippen LogP) is 2.79. The quantitative estimate of drug-likeness (QED) is 0.888. The first-order valence-electron chi connectivity index (χ1n) is 8.29. The molecule has 25 heavy (non-hydrogen) atoms. The van der Waals surface area contributed by atoms with Gasteiger partial charge in [0.2, 0.25) is 0 Å². The third-order valence-electron chi connectivity index (χ3n) is 4.32. The van der Waals surface area contributed by atoms with E-state index in [4.69, 9.17) is 4.74 Å². The summed E-state index contributed by atoms with van der Waals surface area (Å²) >= 11 is 1.20. The number of aromatic nitrogens is 1. The smallest absolute Gasteiger partial charge is 0.263 e. The van der Waals surface area contributed by atoms with E-state index in [-0.39, 0.29) is 17.3 Å². The van der Waals surface area contributed by atoms with Gasteiger partial charge in [-0.05, 0) is 26.0 Å². The number of carbonyl (C=O) groups is 1. The van der Waals surface area contributed by atoms with E-state index in [2.05, 4.69) is 29.0 Å². The van der Waals surface area contributed by atoms with Crippen LogP contribution in [0.4, 0.5) is 4.39 Å². The number of halogens is 1. The van der Waals surface area contributed by atoms with Crippen LogP contribution in [-0.2, 0) is 4.74 Å². The van der Waals surface area contributed by atoms with Crippen molar-refractivity contribution >= 4 is 17.2 Å². The average Bonchev–Trinajstić information content (AvgIpc) is 3.06. The summed E-state index contributed by atoms with van der Waals surface area (Å²) in [5.74, 6) is -0.510. The summed E-state index contributed by atoms with van der Waals surface area (Å²) in [6.07, 6.45) is 1.50. The fraction of sp³-hybridized carbons (Fsp3) is 0.444. The molecule has 2 heterocycles. The lowest BCUT2D eigenvalue weighted by atomic mass is 10.0. The van der Waals surface area contributed by atoms with Gasteiger partial charge in [0, 0.05) is 30.7 Å². The van der Waals surface area contributed by atoms with Gasteiger partial charge in [-0.1, -0.05) is 12.1 Å². The molecule has 1 fully saturated rings. The number of benzene rings is 1. The number of morpholine rings is 1. The van der Waals surface area contributed by atoms with Gasteiger partial charge < -0.3 is 10.1 Å². The van der Waals surface area contributed by atoms with Gasteiger partial charge in [0.05, 0.1) is 19.4 Å². The molecule has 0 spiro atoms. The molecule has 1 aliphatic heterocycles. The van der Waals surface area contributed by atoms with Gasteiger partial charge in [0.1, 0.15) is 15.7 Å². The lowest BCUT2D eigenvalue weighted by Crippen LogP contribution is -2.54. The molecule has 2 aromatic rings. The molecule has 0 atom stereocenters. The molecule has 5 nitrogen and oxygen atoms in total. The van der Waals surface area contributed by atoms with Crippen LogP contribution < -0.4 is 5.32 Å². The minimum Gasteiger partial charge on any atom is -0.378 e. The lowest BCUT2D eigenvalue weighted by Gasteiger charge is -2.42. The van der Waals surface area contributed by atoms with E-state index in [9.17, 15) is 9.18 Å². The largest absolute Gasteiger partial charge is 0.378 e. The topological polar surface area (TPSA) is 54.5 Å². The molecule has 0 unspecified atom stereocenters. The average molecular weight is 363 g/mol. The predicted molar refractivity (Wildman–Crippen MR) is 96.3 cm³/mol.